The Kier molecular flexibility index (Phi) is 4.44. The van der Waals surface area contributed by atoms with Gasteiger partial charge in [0.2, 0.25) is 0 Å². The molecule has 1 heterocycles. The molecule has 0 bridgehead atoms. The van der Waals surface area contributed by atoms with Crippen molar-refractivity contribution in [1.29, 1.82) is 0 Å². The second kappa shape index (κ2) is 6.67. The minimum absolute atomic E-state index is 0.0440. The van der Waals surface area contributed by atoms with Crippen LogP contribution in [0.2, 0.25) is 0 Å². The average Bonchev–Trinajstić information content (AvgIpc) is 2.93. The lowest BCUT2D eigenvalue weighted by Crippen LogP contribution is -2.25. The van der Waals surface area contributed by atoms with Crippen LogP contribution in [0.1, 0.15) is 27.2 Å². The van der Waals surface area contributed by atoms with Crippen molar-refractivity contribution in [2.24, 2.45) is 0 Å². The third kappa shape index (κ3) is 3.27. The van der Waals surface area contributed by atoms with Crippen LogP contribution in [-0.4, -0.2) is 17.6 Å². The molecule has 2 aromatic carbocycles. The second-order valence-corrected chi connectivity index (χ2v) is 5.53. The van der Waals surface area contributed by atoms with Crippen LogP contribution in [0.25, 0.3) is 11.0 Å². The third-order valence-electron chi connectivity index (χ3n) is 3.95. The molecule has 0 fully saturated rings. The van der Waals surface area contributed by atoms with Crippen molar-refractivity contribution in [2.45, 2.75) is 20.0 Å². The van der Waals surface area contributed by atoms with Gasteiger partial charge in [-0.25, -0.2) is 0 Å². The van der Waals surface area contributed by atoms with Crippen LogP contribution in [0.4, 0.5) is 0 Å². The molecule has 3 aromatic rings. The number of nitrogens with one attached hydrogen (secondary N) is 1. The maximum Gasteiger partial charge on any atom is 0.287 e. The molecular weight excluding hydrogens is 290 g/mol. The molecule has 2 N–H and O–H groups in total. The first-order chi connectivity index (χ1) is 11.2. The maximum absolute atomic E-state index is 12.3. The van der Waals surface area contributed by atoms with Gasteiger partial charge in [-0.1, -0.05) is 42.5 Å². The Morgan fingerprint density at radius 1 is 1.09 bits per heavy atom. The smallest absolute Gasteiger partial charge is 0.287 e. The molecular formula is C19H19NO3. The van der Waals surface area contributed by atoms with E-state index in [1.54, 1.807) is 0 Å². The number of carbonyl (C=O) groups is 1. The summed E-state index contributed by atoms with van der Waals surface area (Å²) in [6, 6.07) is 15.3. The topological polar surface area (TPSA) is 62.5 Å². The lowest BCUT2D eigenvalue weighted by atomic mass is 10.1. The number of rotatable bonds is 5. The Morgan fingerprint density at radius 3 is 2.48 bits per heavy atom. The average molecular weight is 309 g/mol. The van der Waals surface area contributed by atoms with E-state index in [0.29, 0.717) is 12.3 Å². The summed E-state index contributed by atoms with van der Waals surface area (Å²) in [4.78, 5) is 12.3. The van der Waals surface area contributed by atoms with Gasteiger partial charge in [-0.05, 0) is 30.5 Å². The number of hydrogen-bond donors (Lipinski definition) is 2. The monoisotopic (exact) mass is 309 g/mol. The van der Waals surface area contributed by atoms with Gasteiger partial charge >= 0.3 is 0 Å². The Labute approximate surface area is 134 Å². The second-order valence-electron chi connectivity index (χ2n) is 5.53. The number of aliphatic hydroxyl groups excluding tert-OH is 1. The van der Waals surface area contributed by atoms with Gasteiger partial charge in [0, 0.05) is 17.5 Å². The fourth-order valence-electron chi connectivity index (χ4n) is 2.60. The highest BCUT2D eigenvalue weighted by molar-refractivity contribution is 5.98. The zero-order chi connectivity index (χ0) is 16.2. The quantitative estimate of drug-likeness (QED) is 0.761. The molecule has 0 saturated carbocycles. The Hall–Kier alpha value is -2.59. The first kappa shape index (κ1) is 15.3. The number of aliphatic hydroxyl groups is 1. The van der Waals surface area contributed by atoms with Crippen LogP contribution in [0, 0.1) is 6.92 Å². The van der Waals surface area contributed by atoms with Crippen LogP contribution >= 0.6 is 0 Å². The SMILES string of the molecule is Cc1c(C(=O)NCCc2ccc(CO)cc2)oc2ccccc12. The lowest BCUT2D eigenvalue weighted by Gasteiger charge is -2.05. The summed E-state index contributed by atoms with van der Waals surface area (Å²) in [7, 11) is 0. The van der Waals surface area contributed by atoms with Gasteiger partial charge in [-0.15, -0.1) is 0 Å². The molecule has 0 unspecified atom stereocenters. The summed E-state index contributed by atoms with van der Waals surface area (Å²) in [5, 5.41) is 12.9. The predicted octanol–water partition coefficient (Wildman–Crippen LogP) is 3.21. The van der Waals surface area contributed by atoms with Gasteiger partial charge in [-0.2, -0.15) is 0 Å². The normalized spacial score (nSPS) is 10.9. The van der Waals surface area contributed by atoms with E-state index in [9.17, 15) is 4.79 Å². The molecule has 23 heavy (non-hydrogen) atoms. The summed E-state index contributed by atoms with van der Waals surface area (Å²) < 4.78 is 5.65. The molecule has 4 heteroatoms. The van der Waals surface area contributed by atoms with Crippen molar-refractivity contribution in [3.05, 3.63) is 71.0 Å². The highest BCUT2D eigenvalue weighted by Crippen LogP contribution is 2.24. The van der Waals surface area contributed by atoms with E-state index in [0.717, 1.165) is 34.1 Å². The zero-order valence-corrected chi connectivity index (χ0v) is 13.0. The molecule has 4 nitrogen and oxygen atoms in total. The fraction of sp³-hybridized carbons (Fsp3) is 0.211. The first-order valence-electron chi connectivity index (χ1n) is 7.64. The molecule has 0 radical (unpaired) electrons. The number of fused-ring (bicyclic) bond motifs is 1. The van der Waals surface area contributed by atoms with Crippen molar-refractivity contribution < 1.29 is 14.3 Å². The first-order valence-corrected chi connectivity index (χ1v) is 7.64. The van der Waals surface area contributed by atoms with Crippen molar-refractivity contribution >= 4 is 16.9 Å². The zero-order valence-electron chi connectivity index (χ0n) is 13.0. The highest BCUT2D eigenvalue weighted by Gasteiger charge is 2.16. The molecule has 0 aliphatic heterocycles. The van der Waals surface area contributed by atoms with E-state index in [1.807, 2.05) is 55.5 Å². The summed E-state index contributed by atoms with van der Waals surface area (Å²) >= 11 is 0. The summed E-state index contributed by atoms with van der Waals surface area (Å²) in [6.45, 7) is 2.48. The molecule has 118 valence electrons. The van der Waals surface area contributed by atoms with E-state index < -0.39 is 0 Å². The third-order valence-corrected chi connectivity index (χ3v) is 3.95. The molecule has 0 saturated heterocycles. The number of aryl methyl sites for hydroxylation is 1. The van der Waals surface area contributed by atoms with Crippen LogP contribution in [0.3, 0.4) is 0 Å². The molecule has 0 aliphatic rings. The number of benzene rings is 2. The number of amides is 1. The van der Waals surface area contributed by atoms with Crippen LogP contribution in [0.15, 0.2) is 52.9 Å². The van der Waals surface area contributed by atoms with Gasteiger partial charge in [0.15, 0.2) is 5.76 Å². The van der Waals surface area contributed by atoms with E-state index in [-0.39, 0.29) is 12.5 Å². The molecule has 0 spiro atoms. The number of carbonyl (C=O) groups excluding carboxylic acids is 1. The fourth-order valence-corrected chi connectivity index (χ4v) is 2.60. The van der Waals surface area contributed by atoms with E-state index in [1.165, 1.54) is 0 Å². The van der Waals surface area contributed by atoms with E-state index in [4.69, 9.17) is 9.52 Å². The molecule has 1 amide bonds. The minimum Gasteiger partial charge on any atom is -0.451 e. The van der Waals surface area contributed by atoms with Crippen molar-refractivity contribution in [2.75, 3.05) is 6.54 Å². The highest BCUT2D eigenvalue weighted by atomic mass is 16.3. The Balaban J connectivity index is 1.63. The number of hydrogen-bond acceptors (Lipinski definition) is 3. The number of furan rings is 1. The number of para-hydroxylation sites is 1. The van der Waals surface area contributed by atoms with Crippen molar-refractivity contribution in [3.8, 4) is 0 Å². The largest absolute Gasteiger partial charge is 0.451 e. The molecule has 0 aliphatic carbocycles. The van der Waals surface area contributed by atoms with Gasteiger partial charge < -0.3 is 14.8 Å². The maximum atomic E-state index is 12.3. The predicted molar refractivity (Wildman–Crippen MR) is 89.4 cm³/mol. The standard InChI is InChI=1S/C19H19NO3/c1-13-16-4-2-3-5-17(16)23-18(13)19(22)20-11-10-14-6-8-15(12-21)9-7-14/h2-9,21H,10-12H2,1H3,(H,20,22). The van der Waals surface area contributed by atoms with Gasteiger partial charge in [0.05, 0.1) is 6.61 Å². The van der Waals surface area contributed by atoms with Crippen LogP contribution in [-0.2, 0) is 13.0 Å². The van der Waals surface area contributed by atoms with E-state index >= 15 is 0 Å². The summed E-state index contributed by atoms with van der Waals surface area (Å²) in [5.74, 6) is 0.188. The van der Waals surface area contributed by atoms with Crippen molar-refractivity contribution in [1.82, 2.24) is 5.32 Å². The van der Waals surface area contributed by atoms with Crippen molar-refractivity contribution in [3.63, 3.8) is 0 Å². The van der Waals surface area contributed by atoms with Crippen LogP contribution in [0.5, 0.6) is 0 Å². The van der Waals surface area contributed by atoms with E-state index in [2.05, 4.69) is 5.32 Å². The Morgan fingerprint density at radius 2 is 1.78 bits per heavy atom. The summed E-state index contributed by atoms with van der Waals surface area (Å²) in [5.41, 5.74) is 3.60. The summed E-state index contributed by atoms with van der Waals surface area (Å²) in [6.07, 6.45) is 0.733. The lowest BCUT2D eigenvalue weighted by molar-refractivity contribution is 0.0928. The Bertz CT molecular complexity index is 818. The molecule has 3 rings (SSSR count). The molecule has 0 atom stereocenters. The van der Waals surface area contributed by atoms with Crippen LogP contribution < -0.4 is 5.32 Å². The van der Waals surface area contributed by atoms with Gasteiger partial charge in [-0.3, -0.25) is 4.79 Å². The molecule has 1 aromatic heterocycles. The van der Waals surface area contributed by atoms with Gasteiger partial charge in [0.25, 0.3) is 5.91 Å². The van der Waals surface area contributed by atoms with Gasteiger partial charge in [0.1, 0.15) is 5.58 Å². The minimum atomic E-state index is -0.189.